The molecular formula is C14H9Br2F3O3. The summed E-state index contributed by atoms with van der Waals surface area (Å²) in [4.78, 5) is 11.2. The largest absolute Gasteiger partial charge is 0.507 e. The summed E-state index contributed by atoms with van der Waals surface area (Å²) >= 11 is 6.27. The number of halogens is 5. The van der Waals surface area contributed by atoms with Crippen LogP contribution in [-0.2, 0) is 4.79 Å². The van der Waals surface area contributed by atoms with Gasteiger partial charge in [0, 0.05) is 5.57 Å². The third-order valence-corrected chi connectivity index (χ3v) is 4.35. The highest BCUT2D eigenvalue weighted by Crippen LogP contribution is 2.38. The standard InChI is InChI=1S/C14H9Br2F3O3/c15-9-4-6(5-10(16)12(9)21)3-7-1-2-8(11(7)20)13(22)14(17,18)19/h3-5,20-21H,1-2H2/b7-3+. The van der Waals surface area contributed by atoms with Gasteiger partial charge in [-0.2, -0.15) is 13.2 Å². The van der Waals surface area contributed by atoms with Gasteiger partial charge in [0.15, 0.2) is 0 Å². The summed E-state index contributed by atoms with van der Waals surface area (Å²) in [5.74, 6) is -2.65. The van der Waals surface area contributed by atoms with Crippen LogP contribution in [0.3, 0.4) is 0 Å². The Labute approximate surface area is 140 Å². The van der Waals surface area contributed by atoms with E-state index < -0.39 is 23.3 Å². The topological polar surface area (TPSA) is 57.5 Å². The molecule has 2 N–H and O–H groups in total. The van der Waals surface area contributed by atoms with E-state index in [1.807, 2.05) is 0 Å². The molecule has 0 amide bonds. The number of aliphatic hydroxyl groups is 1. The summed E-state index contributed by atoms with van der Waals surface area (Å²) < 4.78 is 38.1. The highest BCUT2D eigenvalue weighted by Gasteiger charge is 2.43. The average molecular weight is 442 g/mol. The van der Waals surface area contributed by atoms with Gasteiger partial charge in [-0.15, -0.1) is 0 Å². The lowest BCUT2D eigenvalue weighted by molar-refractivity contribution is -0.166. The van der Waals surface area contributed by atoms with Gasteiger partial charge in [0.05, 0.1) is 8.95 Å². The second-order valence-electron chi connectivity index (χ2n) is 4.66. The second-order valence-corrected chi connectivity index (χ2v) is 6.37. The number of rotatable bonds is 2. The van der Waals surface area contributed by atoms with Crippen molar-refractivity contribution in [2.24, 2.45) is 0 Å². The minimum atomic E-state index is -5.00. The Balaban J connectivity index is 2.39. The van der Waals surface area contributed by atoms with Crippen molar-refractivity contribution in [3.8, 4) is 5.75 Å². The van der Waals surface area contributed by atoms with E-state index in [1.165, 1.54) is 6.08 Å². The Morgan fingerprint density at radius 2 is 1.68 bits per heavy atom. The number of carbonyl (C=O) groups excluding carboxylic acids is 1. The first-order chi connectivity index (χ1) is 10.1. The van der Waals surface area contributed by atoms with Crippen LogP contribution in [0.5, 0.6) is 5.75 Å². The van der Waals surface area contributed by atoms with Crippen LogP contribution in [0.15, 0.2) is 38.0 Å². The first-order valence-corrected chi connectivity index (χ1v) is 7.62. The minimum absolute atomic E-state index is 0.0127. The van der Waals surface area contributed by atoms with Crippen molar-refractivity contribution < 1.29 is 28.2 Å². The molecule has 0 unspecified atom stereocenters. The summed E-state index contributed by atoms with van der Waals surface area (Å²) in [6, 6.07) is 3.09. The minimum Gasteiger partial charge on any atom is -0.507 e. The van der Waals surface area contributed by atoms with Crippen LogP contribution in [0.2, 0.25) is 0 Å². The van der Waals surface area contributed by atoms with E-state index in [2.05, 4.69) is 31.9 Å². The van der Waals surface area contributed by atoms with Crippen LogP contribution in [-0.4, -0.2) is 22.2 Å². The van der Waals surface area contributed by atoms with E-state index >= 15 is 0 Å². The molecule has 0 fully saturated rings. The molecular weight excluding hydrogens is 433 g/mol. The Kier molecular flexibility index (Phi) is 4.72. The monoisotopic (exact) mass is 440 g/mol. The number of aliphatic hydroxyl groups excluding tert-OH is 1. The summed E-state index contributed by atoms with van der Waals surface area (Å²) in [7, 11) is 0. The molecule has 118 valence electrons. The fourth-order valence-corrected chi connectivity index (χ4v) is 3.31. The van der Waals surface area contributed by atoms with Crippen molar-refractivity contribution in [2.45, 2.75) is 19.0 Å². The molecule has 0 aromatic heterocycles. The Hall–Kier alpha value is -1.28. The summed E-state index contributed by atoms with van der Waals surface area (Å²) in [6.07, 6.45) is -3.54. The van der Waals surface area contributed by atoms with Crippen molar-refractivity contribution in [3.05, 3.63) is 43.5 Å². The third kappa shape index (κ3) is 3.38. The van der Waals surface area contributed by atoms with Gasteiger partial charge >= 0.3 is 6.18 Å². The van der Waals surface area contributed by atoms with Gasteiger partial charge in [-0.3, -0.25) is 4.79 Å². The molecule has 22 heavy (non-hydrogen) atoms. The van der Waals surface area contributed by atoms with Crippen molar-refractivity contribution in [1.29, 1.82) is 0 Å². The van der Waals surface area contributed by atoms with Gasteiger partial charge in [-0.25, -0.2) is 0 Å². The fourth-order valence-electron chi connectivity index (χ4n) is 2.09. The second kappa shape index (κ2) is 6.08. The average Bonchev–Trinajstić information content (AvgIpc) is 2.75. The normalized spacial score (nSPS) is 17.4. The molecule has 8 heteroatoms. The van der Waals surface area contributed by atoms with Crippen LogP contribution in [0.1, 0.15) is 18.4 Å². The lowest BCUT2D eigenvalue weighted by Gasteiger charge is -2.06. The highest BCUT2D eigenvalue weighted by atomic mass is 79.9. The maximum atomic E-state index is 12.4. The molecule has 0 saturated heterocycles. The Bertz CT molecular complexity index is 683. The van der Waals surface area contributed by atoms with Crippen LogP contribution in [0.4, 0.5) is 13.2 Å². The number of hydrogen-bond acceptors (Lipinski definition) is 3. The SMILES string of the molecule is O=C(C1=C(O)/C(=C/c2cc(Br)c(O)c(Br)c2)CC1)C(F)(F)F. The molecule has 0 aliphatic heterocycles. The maximum Gasteiger partial charge on any atom is 0.454 e. The number of aromatic hydroxyl groups is 1. The Morgan fingerprint density at radius 1 is 1.14 bits per heavy atom. The Morgan fingerprint density at radius 3 is 2.18 bits per heavy atom. The molecule has 0 atom stereocenters. The van der Waals surface area contributed by atoms with Gasteiger partial charge in [-0.05, 0) is 74.0 Å². The van der Waals surface area contributed by atoms with E-state index in [4.69, 9.17) is 0 Å². The molecule has 1 aromatic carbocycles. The number of hydrogen-bond donors (Lipinski definition) is 2. The number of allylic oxidation sites excluding steroid dienone is 2. The van der Waals surface area contributed by atoms with E-state index in [9.17, 15) is 28.2 Å². The van der Waals surface area contributed by atoms with Gasteiger partial charge in [-0.1, -0.05) is 0 Å². The van der Waals surface area contributed by atoms with Crippen LogP contribution >= 0.6 is 31.9 Å². The molecule has 0 radical (unpaired) electrons. The molecule has 1 aromatic rings. The van der Waals surface area contributed by atoms with Crippen LogP contribution in [0.25, 0.3) is 6.08 Å². The zero-order valence-electron chi connectivity index (χ0n) is 10.8. The molecule has 0 saturated carbocycles. The number of carbonyl (C=O) groups is 1. The molecule has 0 bridgehead atoms. The fraction of sp³-hybridized carbons (Fsp3) is 0.214. The van der Waals surface area contributed by atoms with Crippen LogP contribution < -0.4 is 0 Å². The quantitative estimate of drug-likeness (QED) is 0.676. The van der Waals surface area contributed by atoms with Crippen molar-refractivity contribution in [3.63, 3.8) is 0 Å². The number of phenols is 1. The molecule has 1 aliphatic rings. The zero-order chi connectivity index (χ0) is 16.7. The zero-order valence-corrected chi connectivity index (χ0v) is 14.0. The molecule has 0 spiro atoms. The number of ketones is 1. The first kappa shape index (κ1) is 17.1. The number of benzene rings is 1. The molecule has 1 aliphatic carbocycles. The molecule has 2 rings (SSSR count). The lowest BCUT2D eigenvalue weighted by atomic mass is 10.1. The summed E-state index contributed by atoms with van der Waals surface area (Å²) in [6.45, 7) is 0. The highest BCUT2D eigenvalue weighted by molar-refractivity contribution is 9.11. The summed E-state index contributed by atoms with van der Waals surface area (Å²) in [5, 5.41) is 19.5. The smallest absolute Gasteiger partial charge is 0.454 e. The van der Waals surface area contributed by atoms with Crippen LogP contribution in [0, 0.1) is 0 Å². The number of alkyl halides is 3. The number of phenolic OH excluding ortho intramolecular Hbond substituents is 1. The summed E-state index contributed by atoms with van der Waals surface area (Å²) in [5.41, 5.74) is 0.187. The molecule has 0 heterocycles. The van der Waals surface area contributed by atoms with Gasteiger partial charge in [0.1, 0.15) is 11.5 Å². The predicted molar refractivity (Wildman–Crippen MR) is 81.4 cm³/mol. The van der Waals surface area contributed by atoms with E-state index in [0.29, 0.717) is 14.5 Å². The third-order valence-electron chi connectivity index (χ3n) is 3.15. The van der Waals surface area contributed by atoms with E-state index in [-0.39, 0.29) is 24.2 Å². The van der Waals surface area contributed by atoms with Gasteiger partial charge < -0.3 is 10.2 Å². The van der Waals surface area contributed by atoms with Crippen molar-refractivity contribution in [1.82, 2.24) is 0 Å². The van der Waals surface area contributed by atoms with E-state index in [1.54, 1.807) is 12.1 Å². The van der Waals surface area contributed by atoms with E-state index in [0.717, 1.165) is 0 Å². The molecule has 3 nitrogen and oxygen atoms in total. The van der Waals surface area contributed by atoms with Crippen molar-refractivity contribution in [2.75, 3.05) is 0 Å². The van der Waals surface area contributed by atoms with Crippen molar-refractivity contribution >= 4 is 43.7 Å². The maximum absolute atomic E-state index is 12.4. The van der Waals surface area contributed by atoms with Gasteiger partial charge in [0.2, 0.25) is 0 Å². The number of Topliss-reactive ketones (excluding diaryl/α,β-unsaturated/α-hetero) is 1. The predicted octanol–water partition coefficient (Wildman–Crippen LogP) is 5.04. The first-order valence-electron chi connectivity index (χ1n) is 6.04. The van der Waals surface area contributed by atoms with Gasteiger partial charge in [0.25, 0.3) is 5.78 Å². The lowest BCUT2D eigenvalue weighted by Crippen LogP contribution is -2.24.